The summed E-state index contributed by atoms with van der Waals surface area (Å²) in [5.41, 5.74) is 1.16. The number of amides is 1. The zero-order valence-electron chi connectivity index (χ0n) is 11.5. The summed E-state index contributed by atoms with van der Waals surface area (Å²) in [5.74, 6) is 0.699. The van der Waals surface area contributed by atoms with E-state index in [9.17, 15) is 4.79 Å². The van der Waals surface area contributed by atoms with Crippen LogP contribution in [-0.4, -0.2) is 58.6 Å². The molecule has 0 radical (unpaired) electrons. The predicted octanol–water partition coefficient (Wildman–Crippen LogP) is 1.21. The number of hydrogen-bond acceptors (Lipinski definition) is 3. The molecule has 1 atom stereocenters. The van der Waals surface area contributed by atoms with Crippen molar-refractivity contribution >= 4 is 5.91 Å². The second-order valence-corrected chi connectivity index (χ2v) is 5.84. The summed E-state index contributed by atoms with van der Waals surface area (Å²) in [4.78, 5) is 16.5. The van der Waals surface area contributed by atoms with Crippen molar-refractivity contribution in [2.75, 3.05) is 26.7 Å². The molecular formula is C14H22N4O. The van der Waals surface area contributed by atoms with E-state index in [1.54, 1.807) is 6.20 Å². The van der Waals surface area contributed by atoms with Crippen LogP contribution in [0.25, 0.3) is 0 Å². The maximum atomic E-state index is 12.3. The summed E-state index contributed by atoms with van der Waals surface area (Å²) in [7, 11) is 2.06. The van der Waals surface area contributed by atoms with Gasteiger partial charge in [-0.15, -0.1) is 0 Å². The number of nitrogens with zero attached hydrogens (tertiary/aromatic N) is 3. The van der Waals surface area contributed by atoms with E-state index in [2.05, 4.69) is 22.1 Å². The number of likely N-dealkylation sites (tertiary alicyclic amines) is 1. The largest absolute Gasteiger partial charge is 0.341 e. The van der Waals surface area contributed by atoms with Crippen molar-refractivity contribution in [2.45, 2.75) is 37.6 Å². The maximum absolute atomic E-state index is 12.3. The third kappa shape index (κ3) is 2.97. The maximum Gasteiger partial charge on any atom is 0.236 e. The Morgan fingerprint density at radius 2 is 2.37 bits per heavy atom. The normalized spacial score (nSPS) is 23.9. The predicted molar refractivity (Wildman–Crippen MR) is 72.8 cm³/mol. The number of aromatic nitrogens is 2. The van der Waals surface area contributed by atoms with Crippen LogP contribution in [0, 0.1) is 0 Å². The van der Waals surface area contributed by atoms with Crippen LogP contribution in [0.5, 0.6) is 0 Å². The molecule has 1 aromatic rings. The fourth-order valence-corrected chi connectivity index (χ4v) is 2.91. The molecule has 2 aliphatic rings. The van der Waals surface area contributed by atoms with Crippen molar-refractivity contribution in [3.05, 3.63) is 18.0 Å². The Bertz CT molecular complexity index is 427. The number of piperidine rings is 1. The van der Waals surface area contributed by atoms with Gasteiger partial charge in [-0.2, -0.15) is 5.10 Å². The van der Waals surface area contributed by atoms with Crippen molar-refractivity contribution in [2.24, 2.45) is 0 Å². The summed E-state index contributed by atoms with van der Waals surface area (Å²) in [5, 5.41) is 7.05. The average molecular weight is 262 g/mol. The van der Waals surface area contributed by atoms with Gasteiger partial charge in [-0.05, 0) is 38.8 Å². The summed E-state index contributed by atoms with van der Waals surface area (Å²) >= 11 is 0. The van der Waals surface area contributed by atoms with Crippen LogP contribution in [0.1, 0.15) is 37.3 Å². The molecule has 1 N–H and O–H groups in total. The molecule has 0 bridgehead atoms. The van der Waals surface area contributed by atoms with E-state index in [-0.39, 0.29) is 5.91 Å². The van der Waals surface area contributed by atoms with Crippen LogP contribution in [0.4, 0.5) is 0 Å². The lowest BCUT2D eigenvalue weighted by molar-refractivity contribution is -0.133. The molecule has 0 aromatic carbocycles. The first-order chi connectivity index (χ1) is 9.24. The number of carbonyl (C=O) groups excluding carboxylic acids is 1. The first kappa shape index (κ1) is 12.7. The molecule has 5 nitrogen and oxygen atoms in total. The van der Waals surface area contributed by atoms with Crippen molar-refractivity contribution in [1.29, 1.82) is 0 Å². The third-order valence-electron chi connectivity index (χ3n) is 4.29. The minimum absolute atomic E-state index is 0.276. The SMILES string of the molecule is CN(CC(=O)N1CCC[C@H](c2ccn[nH]2)C1)C1CC1. The smallest absolute Gasteiger partial charge is 0.236 e. The van der Waals surface area contributed by atoms with Crippen LogP contribution in [0.15, 0.2) is 12.3 Å². The highest BCUT2D eigenvalue weighted by atomic mass is 16.2. The third-order valence-corrected chi connectivity index (χ3v) is 4.29. The number of carbonyl (C=O) groups is 1. The molecule has 1 amide bonds. The summed E-state index contributed by atoms with van der Waals surface area (Å²) < 4.78 is 0. The minimum Gasteiger partial charge on any atom is -0.341 e. The minimum atomic E-state index is 0.276. The molecule has 2 heterocycles. The second kappa shape index (κ2) is 5.33. The molecule has 1 aliphatic heterocycles. The average Bonchev–Trinajstić information content (AvgIpc) is 3.14. The zero-order chi connectivity index (χ0) is 13.2. The van der Waals surface area contributed by atoms with E-state index >= 15 is 0 Å². The van der Waals surface area contributed by atoms with E-state index in [0.29, 0.717) is 18.5 Å². The Balaban J connectivity index is 1.56. The summed E-state index contributed by atoms with van der Waals surface area (Å²) in [6, 6.07) is 2.67. The quantitative estimate of drug-likeness (QED) is 0.887. The van der Waals surface area contributed by atoms with Gasteiger partial charge in [0.2, 0.25) is 5.91 Å². The lowest BCUT2D eigenvalue weighted by atomic mass is 9.95. The Morgan fingerprint density at radius 3 is 3.05 bits per heavy atom. The Hall–Kier alpha value is -1.36. The second-order valence-electron chi connectivity index (χ2n) is 5.84. The van der Waals surface area contributed by atoms with Crippen LogP contribution >= 0.6 is 0 Å². The monoisotopic (exact) mass is 262 g/mol. The fraction of sp³-hybridized carbons (Fsp3) is 0.714. The van der Waals surface area contributed by atoms with Crippen molar-refractivity contribution < 1.29 is 4.79 Å². The molecule has 1 saturated carbocycles. The van der Waals surface area contributed by atoms with Gasteiger partial charge < -0.3 is 4.90 Å². The number of nitrogens with one attached hydrogen (secondary N) is 1. The molecule has 1 saturated heterocycles. The van der Waals surface area contributed by atoms with Crippen LogP contribution in [0.2, 0.25) is 0 Å². The van der Waals surface area contributed by atoms with Crippen molar-refractivity contribution in [3.63, 3.8) is 0 Å². The number of rotatable bonds is 4. The highest BCUT2D eigenvalue weighted by Crippen LogP contribution is 2.27. The van der Waals surface area contributed by atoms with Gasteiger partial charge in [0.1, 0.15) is 0 Å². The summed E-state index contributed by atoms with van der Waals surface area (Å²) in [6.45, 7) is 2.31. The van der Waals surface area contributed by atoms with E-state index < -0.39 is 0 Å². The number of H-pyrrole nitrogens is 1. The highest BCUT2D eigenvalue weighted by molar-refractivity contribution is 5.78. The Kier molecular flexibility index (Phi) is 3.55. The van der Waals surface area contributed by atoms with Crippen molar-refractivity contribution in [3.8, 4) is 0 Å². The first-order valence-electron chi connectivity index (χ1n) is 7.21. The van der Waals surface area contributed by atoms with E-state index in [1.165, 1.54) is 12.8 Å². The molecule has 0 spiro atoms. The molecule has 0 unspecified atom stereocenters. The van der Waals surface area contributed by atoms with Crippen molar-refractivity contribution in [1.82, 2.24) is 20.0 Å². The molecule has 3 rings (SSSR count). The van der Waals surface area contributed by atoms with Gasteiger partial charge in [-0.25, -0.2) is 0 Å². The number of hydrogen-bond donors (Lipinski definition) is 1. The Labute approximate surface area is 114 Å². The summed E-state index contributed by atoms with van der Waals surface area (Å²) in [6.07, 6.45) is 6.52. The van der Waals surface area contributed by atoms with Crippen LogP contribution in [0.3, 0.4) is 0 Å². The van der Waals surface area contributed by atoms with Crippen LogP contribution < -0.4 is 0 Å². The first-order valence-corrected chi connectivity index (χ1v) is 7.21. The van der Waals surface area contributed by atoms with Gasteiger partial charge in [0.05, 0.1) is 6.54 Å². The van der Waals surface area contributed by atoms with E-state index in [1.807, 2.05) is 11.0 Å². The molecule has 5 heteroatoms. The van der Waals surface area contributed by atoms with Gasteiger partial charge in [-0.1, -0.05) is 0 Å². The number of likely N-dealkylation sites (N-methyl/N-ethyl adjacent to an activating group) is 1. The molecular weight excluding hydrogens is 240 g/mol. The van der Waals surface area contributed by atoms with Gasteiger partial charge in [-0.3, -0.25) is 14.8 Å². The van der Waals surface area contributed by atoms with E-state index in [4.69, 9.17) is 0 Å². The Morgan fingerprint density at radius 1 is 1.53 bits per heavy atom. The molecule has 1 aromatic heterocycles. The zero-order valence-corrected chi connectivity index (χ0v) is 11.5. The standard InChI is InChI=1S/C14H22N4O/c1-17(12-4-5-12)10-14(19)18-8-2-3-11(9-18)13-6-7-15-16-13/h6-7,11-12H,2-5,8-10H2,1H3,(H,15,16)/t11-/m0/s1. The van der Waals surface area contributed by atoms with Gasteiger partial charge in [0.25, 0.3) is 0 Å². The molecule has 104 valence electrons. The van der Waals surface area contributed by atoms with Crippen LogP contribution in [-0.2, 0) is 4.79 Å². The van der Waals surface area contributed by atoms with Gasteiger partial charge >= 0.3 is 0 Å². The topological polar surface area (TPSA) is 52.2 Å². The highest BCUT2D eigenvalue weighted by Gasteiger charge is 2.30. The molecule has 2 fully saturated rings. The van der Waals surface area contributed by atoms with Gasteiger partial charge in [0.15, 0.2) is 0 Å². The fourth-order valence-electron chi connectivity index (χ4n) is 2.91. The van der Waals surface area contributed by atoms with E-state index in [0.717, 1.165) is 31.6 Å². The molecule has 19 heavy (non-hydrogen) atoms. The molecule has 1 aliphatic carbocycles. The van der Waals surface area contributed by atoms with Gasteiger partial charge in [0, 0.05) is 36.9 Å². The lowest BCUT2D eigenvalue weighted by Crippen LogP contribution is -2.44. The number of aromatic amines is 1. The lowest BCUT2D eigenvalue weighted by Gasteiger charge is -2.33.